The molecule has 0 radical (unpaired) electrons. The molecular weight excluding hydrogens is 276 g/mol. The lowest BCUT2D eigenvalue weighted by Gasteiger charge is -2.31. The Morgan fingerprint density at radius 1 is 1.23 bits per heavy atom. The van der Waals surface area contributed by atoms with Crippen molar-refractivity contribution in [1.82, 2.24) is 20.0 Å². The number of rotatable bonds is 3. The summed E-state index contributed by atoms with van der Waals surface area (Å²) in [5.41, 5.74) is 2.58. The van der Waals surface area contributed by atoms with Crippen LogP contribution in [-0.4, -0.2) is 46.8 Å². The molecule has 5 heteroatoms. The molecule has 1 N–H and O–H groups in total. The van der Waals surface area contributed by atoms with E-state index in [1.54, 1.807) is 6.20 Å². The van der Waals surface area contributed by atoms with Crippen LogP contribution in [0.2, 0.25) is 0 Å². The molecule has 0 atom stereocenters. The summed E-state index contributed by atoms with van der Waals surface area (Å²) in [6.07, 6.45) is 3.71. The predicted octanol–water partition coefficient (Wildman–Crippen LogP) is 2.00. The molecule has 0 bridgehead atoms. The van der Waals surface area contributed by atoms with Crippen molar-refractivity contribution in [2.75, 3.05) is 20.1 Å². The third kappa shape index (κ3) is 2.76. The number of hydrogen-bond donors (Lipinski definition) is 1. The number of nitrogens with one attached hydrogen (secondary N) is 1. The van der Waals surface area contributed by atoms with Crippen LogP contribution in [0, 0.1) is 6.92 Å². The maximum Gasteiger partial charge on any atom is 0.257 e. The molecule has 1 aliphatic rings. The topological polar surface area (TPSA) is 50.2 Å². The Balaban J connectivity index is 1.78. The van der Waals surface area contributed by atoms with Gasteiger partial charge in [-0.05, 0) is 38.9 Å². The van der Waals surface area contributed by atoms with Crippen LogP contribution in [0.4, 0.5) is 0 Å². The Hall–Kier alpha value is -2.14. The van der Waals surface area contributed by atoms with Crippen molar-refractivity contribution in [2.24, 2.45) is 0 Å². The van der Waals surface area contributed by atoms with E-state index < -0.39 is 0 Å². The fourth-order valence-electron chi connectivity index (χ4n) is 2.99. The maximum atomic E-state index is 12.7. The molecule has 2 heterocycles. The van der Waals surface area contributed by atoms with Crippen LogP contribution < -0.4 is 5.32 Å². The normalized spacial score (nSPS) is 16.0. The minimum atomic E-state index is 0.0919. The van der Waals surface area contributed by atoms with Crippen LogP contribution >= 0.6 is 0 Å². The van der Waals surface area contributed by atoms with E-state index in [2.05, 4.69) is 10.4 Å². The highest BCUT2D eigenvalue weighted by Gasteiger charge is 2.25. The minimum Gasteiger partial charge on any atom is -0.338 e. The number of likely N-dealkylation sites (tertiary alicyclic amines) is 1. The van der Waals surface area contributed by atoms with Gasteiger partial charge in [0, 0.05) is 19.1 Å². The highest BCUT2D eigenvalue weighted by Crippen LogP contribution is 2.18. The Labute approximate surface area is 130 Å². The number of carbonyl (C=O) groups excluding carboxylic acids is 1. The molecule has 0 saturated carbocycles. The molecule has 22 heavy (non-hydrogen) atoms. The summed E-state index contributed by atoms with van der Waals surface area (Å²) in [6.45, 7) is 3.56. The first kappa shape index (κ1) is 14.8. The molecule has 0 unspecified atom stereocenters. The van der Waals surface area contributed by atoms with Gasteiger partial charge in [0.1, 0.15) is 0 Å². The number of piperidine rings is 1. The van der Waals surface area contributed by atoms with Gasteiger partial charge in [0.15, 0.2) is 0 Å². The Bertz CT molecular complexity index is 642. The summed E-state index contributed by atoms with van der Waals surface area (Å²) in [7, 11) is 1.98. The van der Waals surface area contributed by atoms with E-state index >= 15 is 0 Å². The molecule has 1 fully saturated rings. The summed E-state index contributed by atoms with van der Waals surface area (Å²) in [4.78, 5) is 14.7. The SMILES string of the molecule is CNC1CCN(C(=O)c2cnn(-c3ccccc3)c2C)CC1. The van der Waals surface area contributed by atoms with Gasteiger partial charge in [0.25, 0.3) is 5.91 Å². The van der Waals surface area contributed by atoms with E-state index in [4.69, 9.17) is 0 Å². The fourth-order valence-corrected chi connectivity index (χ4v) is 2.99. The highest BCUT2D eigenvalue weighted by atomic mass is 16.2. The second kappa shape index (κ2) is 6.32. The zero-order valence-corrected chi connectivity index (χ0v) is 13.1. The first-order valence-electron chi connectivity index (χ1n) is 7.77. The maximum absolute atomic E-state index is 12.7. The van der Waals surface area contributed by atoms with Gasteiger partial charge in [-0.25, -0.2) is 4.68 Å². The quantitative estimate of drug-likeness (QED) is 0.943. The fraction of sp³-hybridized carbons (Fsp3) is 0.412. The van der Waals surface area contributed by atoms with Gasteiger partial charge >= 0.3 is 0 Å². The van der Waals surface area contributed by atoms with Gasteiger partial charge in [-0.15, -0.1) is 0 Å². The lowest BCUT2D eigenvalue weighted by atomic mass is 10.0. The van der Waals surface area contributed by atoms with Crippen molar-refractivity contribution in [1.29, 1.82) is 0 Å². The molecule has 116 valence electrons. The van der Waals surface area contributed by atoms with Gasteiger partial charge in [-0.2, -0.15) is 5.10 Å². The number of aromatic nitrogens is 2. The summed E-state index contributed by atoms with van der Waals surface area (Å²) in [5, 5.41) is 7.68. The van der Waals surface area contributed by atoms with Crippen molar-refractivity contribution in [3.63, 3.8) is 0 Å². The van der Waals surface area contributed by atoms with E-state index in [9.17, 15) is 4.79 Å². The average Bonchev–Trinajstić information content (AvgIpc) is 2.96. The van der Waals surface area contributed by atoms with Crippen LogP contribution in [0.25, 0.3) is 5.69 Å². The molecule has 0 spiro atoms. The molecule has 5 nitrogen and oxygen atoms in total. The first-order chi connectivity index (χ1) is 10.7. The second-order valence-electron chi connectivity index (χ2n) is 5.75. The number of amides is 1. The molecule has 1 amide bonds. The summed E-state index contributed by atoms with van der Waals surface area (Å²) in [5.74, 6) is 0.0919. The van der Waals surface area contributed by atoms with E-state index in [-0.39, 0.29) is 5.91 Å². The number of carbonyl (C=O) groups is 1. The van der Waals surface area contributed by atoms with Crippen LogP contribution in [0.3, 0.4) is 0 Å². The summed E-state index contributed by atoms with van der Waals surface area (Å²) >= 11 is 0. The molecule has 3 rings (SSSR count). The van der Waals surface area contributed by atoms with E-state index in [1.165, 1.54) is 0 Å². The van der Waals surface area contributed by atoms with Crippen molar-refractivity contribution >= 4 is 5.91 Å². The van der Waals surface area contributed by atoms with Gasteiger partial charge in [0.2, 0.25) is 0 Å². The lowest BCUT2D eigenvalue weighted by molar-refractivity contribution is 0.0706. The van der Waals surface area contributed by atoms with Crippen LogP contribution in [-0.2, 0) is 0 Å². The number of hydrogen-bond acceptors (Lipinski definition) is 3. The Morgan fingerprint density at radius 3 is 2.55 bits per heavy atom. The Morgan fingerprint density at radius 2 is 1.91 bits per heavy atom. The van der Waals surface area contributed by atoms with Crippen molar-refractivity contribution < 1.29 is 4.79 Å². The summed E-state index contributed by atoms with van der Waals surface area (Å²) in [6, 6.07) is 10.4. The van der Waals surface area contributed by atoms with Crippen molar-refractivity contribution in [2.45, 2.75) is 25.8 Å². The molecule has 1 aromatic carbocycles. The predicted molar refractivity (Wildman–Crippen MR) is 86.3 cm³/mol. The Kier molecular flexibility index (Phi) is 4.24. The van der Waals surface area contributed by atoms with Crippen LogP contribution in [0.1, 0.15) is 28.9 Å². The average molecular weight is 298 g/mol. The van der Waals surface area contributed by atoms with Crippen LogP contribution in [0.5, 0.6) is 0 Å². The first-order valence-corrected chi connectivity index (χ1v) is 7.77. The largest absolute Gasteiger partial charge is 0.338 e. The zero-order chi connectivity index (χ0) is 15.5. The molecule has 1 aliphatic heterocycles. The molecule has 2 aromatic rings. The minimum absolute atomic E-state index is 0.0919. The zero-order valence-electron chi connectivity index (χ0n) is 13.1. The summed E-state index contributed by atoms with van der Waals surface area (Å²) < 4.78 is 1.83. The highest BCUT2D eigenvalue weighted by molar-refractivity contribution is 5.95. The van der Waals surface area contributed by atoms with E-state index in [0.717, 1.165) is 37.3 Å². The van der Waals surface area contributed by atoms with Crippen LogP contribution in [0.15, 0.2) is 36.5 Å². The molecule has 1 aromatic heterocycles. The van der Waals surface area contributed by atoms with Gasteiger partial charge in [-0.1, -0.05) is 18.2 Å². The monoisotopic (exact) mass is 298 g/mol. The van der Waals surface area contributed by atoms with E-state index in [1.807, 2.05) is 53.9 Å². The molecular formula is C17H22N4O. The lowest BCUT2D eigenvalue weighted by Crippen LogP contribution is -2.44. The number of nitrogens with zero attached hydrogens (tertiary/aromatic N) is 3. The smallest absolute Gasteiger partial charge is 0.257 e. The molecule has 0 aliphatic carbocycles. The number of para-hydroxylation sites is 1. The third-order valence-electron chi connectivity index (χ3n) is 4.43. The van der Waals surface area contributed by atoms with Gasteiger partial charge < -0.3 is 10.2 Å². The third-order valence-corrected chi connectivity index (χ3v) is 4.43. The molecule has 1 saturated heterocycles. The van der Waals surface area contributed by atoms with Crippen molar-refractivity contribution in [3.8, 4) is 5.69 Å². The second-order valence-corrected chi connectivity index (χ2v) is 5.75. The number of benzene rings is 1. The van der Waals surface area contributed by atoms with E-state index in [0.29, 0.717) is 11.6 Å². The van der Waals surface area contributed by atoms with Crippen molar-refractivity contribution in [3.05, 3.63) is 47.8 Å². The van der Waals surface area contributed by atoms with Gasteiger partial charge in [0.05, 0.1) is 23.1 Å². The van der Waals surface area contributed by atoms with Gasteiger partial charge in [-0.3, -0.25) is 4.79 Å². The standard InChI is InChI=1S/C17H22N4O/c1-13-16(12-19-21(13)15-6-4-3-5-7-15)17(22)20-10-8-14(18-2)9-11-20/h3-7,12,14,18H,8-11H2,1-2H3.